The molecule has 0 atom stereocenters. The van der Waals surface area contributed by atoms with Gasteiger partial charge in [-0.1, -0.05) is 0 Å². The summed E-state index contributed by atoms with van der Waals surface area (Å²) in [6, 6.07) is 0. The fourth-order valence-electron chi connectivity index (χ4n) is 1.66. The Balaban J connectivity index is 2.92. The van der Waals surface area contributed by atoms with E-state index in [1.807, 2.05) is 0 Å². The zero-order chi connectivity index (χ0) is 12.4. The molecule has 0 aromatic carbocycles. The average molecular weight is 249 g/mol. The Hall–Kier alpha value is -0.620. The number of ether oxygens (including phenoxy) is 1. The van der Waals surface area contributed by atoms with Crippen LogP contribution in [-0.4, -0.2) is 43.1 Å². The molecule has 0 bridgehead atoms. The summed E-state index contributed by atoms with van der Waals surface area (Å²) in [5.41, 5.74) is 0. The molecule has 6 heteroatoms. The summed E-state index contributed by atoms with van der Waals surface area (Å²) in [6.45, 7) is 5.67. The van der Waals surface area contributed by atoms with Crippen LogP contribution in [0, 0.1) is 0 Å². The molecule has 0 N–H and O–H groups in total. The summed E-state index contributed by atoms with van der Waals surface area (Å²) in [6.07, 6.45) is 1.72. The van der Waals surface area contributed by atoms with E-state index in [-0.39, 0.29) is 6.61 Å². The number of nitrogens with zero attached hydrogens (tertiary/aromatic N) is 1. The zero-order valence-corrected chi connectivity index (χ0v) is 10.8. The molecule has 0 unspecified atom stereocenters. The van der Waals surface area contributed by atoms with Gasteiger partial charge in [-0.25, -0.2) is 12.7 Å². The maximum absolute atomic E-state index is 12.2. The first kappa shape index (κ1) is 13.4. The molecular formula is C10H19NO4S. The predicted molar refractivity (Wildman–Crippen MR) is 60.4 cm³/mol. The molecule has 16 heavy (non-hydrogen) atoms. The van der Waals surface area contributed by atoms with E-state index >= 15 is 0 Å². The Morgan fingerprint density at radius 1 is 1.31 bits per heavy atom. The summed E-state index contributed by atoms with van der Waals surface area (Å²) < 4.78 is 29.1. The van der Waals surface area contributed by atoms with Gasteiger partial charge in [-0.15, -0.1) is 0 Å². The van der Waals surface area contributed by atoms with E-state index < -0.39 is 20.7 Å². The van der Waals surface area contributed by atoms with Gasteiger partial charge in [0.15, 0.2) is 4.75 Å². The van der Waals surface area contributed by atoms with Crippen LogP contribution >= 0.6 is 0 Å². The Bertz CT molecular complexity index is 355. The van der Waals surface area contributed by atoms with Crippen molar-refractivity contribution in [2.75, 3.05) is 19.7 Å². The number of hydrogen-bond donors (Lipinski definition) is 0. The van der Waals surface area contributed by atoms with Crippen LogP contribution in [0.5, 0.6) is 0 Å². The first-order valence-electron chi connectivity index (χ1n) is 5.51. The normalized spacial score (nSPS) is 18.7. The Labute approximate surface area is 96.8 Å². The van der Waals surface area contributed by atoms with E-state index in [1.165, 1.54) is 18.2 Å². The van der Waals surface area contributed by atoms with Crippen molar-refractivity contribution in [2.24, 2.45) is 0 Å². The minimum Gasteiger partial charge on any atom is -0.465 e. The fraction of sp³-hybridized carbons (Fsp3) is 0.900. The van der Waals surface area contributed by atoms with Crippen molar-refractivity contribution in [2.45, 2.75) is 38.4 Å². The van der Waals surface area contributed by atoms with Gasteiger partial charge in [0.2, 0.25) is 10.0 Å². The van der Waals surface area contributed by atoms with Crippen molar-refractivity contribution < 1.29 is 17.9 Å². The van der Waals surface area contributed by atoms with Crippen molar-refractivity contribution in [1.82, 2.24) is 4.31 Å². The highest BCUT2D eigenvalue weighted by Crippen LogP contribution is 2.25. The Morgan fingerprint density at radius 2 is 1.81 bits per heavy atom. The third-order valence-electron chi connectivity index (χ3n) is 2.82. The number of hydrogen-bond acceptors (Lipinski definition) is 4. The lowest BCUT2D eigenvalue weighted by atomic mass is 10.2. The van der Waals surface area contributed by atoms with E-state index in [4.69, 9.17) is 4.74 Å². The van der Waals surface area contributed by atoms with Crippen LogP contribution in [0.2, 0.25) is 0 Å². The third-order valence-corrected chi connectivity index (χ3v) is 5.32. The van der Waals surface area contributed by atoms with Crippen molar-refractivity contribution in [3.05, 3.63) is 0 Å². The first-order valence-corrected chi connectivity index (χ1v) is 6.95. The molecule has 0 spiro atoms. The number of sulfonamides is 1. The van der Waals surface area contributed by atoms with Crippen molar-refractivity contribution in [3.63, 3.8) is 0 Å². The lowest BCUT2D eigenvalue weighted by molar-refractivity contribution is -0.145. The highest BCUT2D eigenvalue weighted by Gasteiger charge is 2.47. The van der Waals surface area contributed by atoms with Crippen LogP contribution in [-0.2, 0) is 19.6 Å². The molecule has 1 rings (SSSR count). The summed E-state index contributed by atoms with van der Waals surface area (Å²) >= 11 is 0. The molecule has 0 amide bonds. The minimum absolute atomic E-state index is 0.192. The predicted octanol–water partition coefficient (Wildman–Crippen LogP) is 0.754. The molecule has 1 saturated heterocycles. The molecular weight excluding hydrogens is 230 g/mol. The highest BCUT2D eigenvalue weighted by atomic mass is 32.2. The summed E-state index contributed by atoms with van der Waals surface area (Å²) in [4.78, 5) is 11.6. The first-order chi connectivity index (χ1) is 7.34. The SMILES string of the molecule is CCOC(=O)C(C)(C)S(=O)(=O)N1CCCC1. The van der Waals surface area contributed by atoms with Gasteiger partial charge in [0.25, 0.3) is 0 Å². The smallest absolute Gasteiger partial charge is 0.328 e. The molecule has 1 aliphatic rings. The number of carbonyl (C=O) groups is 1. The second kappa shape index (κ2) is 4.71. The van der Waals surface area contributed by atoms with Crippen LogP contribution in [0.4, 0.5) is 0 Å². The molecule has 1 heterocycles. The van der Waals surface area contributed by atoms with Crippen LogP contribution < -0.4 is 0 Å². The van der Waals surface area contributed by atoms with Gasteiger partial charge in [0, 0.05) is 13.1 Å². The van der Waals surface area contributed by atoms with Gasteiger partial charge in [-0.2, -0.15) is 0 Å². The highest BCUT2D eigenvalue weighted by molar-refractivity contribution is 7.91. The summed E-state index contributed by atoms with van der Waals surface area (Å²) in [5, 5.41) is 0. The van der Waals surface area contributed by atoms with Gasteiger partial charge in [0.1, 0.15) is 0 Å². The van der Waals surface area contributed by atoms with Gasteiger partial charge >= 0.3 is 5.97 Å². The Morgan fingerprint density at radius 3 is 2.25 bits per heavy atom. The fourth-order valence-corrected chi connectivity index (χ4v) is 3.32. The standard InChI is InChI=1S/C10H19NO4S/c1-4-15-9(12)10(2,3)16(13,14)11-7-5-6-8-11/h4-8H2,1-3H3. The van der Waals surface area contributed by atoms with Crippen LogP contribution in [0.15, 0.2) is 0 Å². The molecule has 5 nitrogen and oxygen atoms in total. The quantitative estimate of drug-likeness (QED) is 0.690. The van der Waals surface area contributed by atoms with Crippen LogP contribution in [0.25, 0.3) is 0 Å². The number of carbonyl (C=O) groups excluding carboxylic acids is 1. The van der Waals surface area contributed by atoms with Crippen molar-refractivity contribution in [1.29, 1.82) is 0 Å². The van der Waals surface area contributed by atoms with Crippen LogP contribution in [0.3, 0.4) is 0 Å². The monoisotopic (exact) mass is 249 g/mol. The number of rotatable bonds is 4. The number of esters is 1. The topological polar surface area (TPSA) is 63.7 Å². The summed E-state index contributed by atoms with van der Waals surface area (Å²) in [7, 11) is -3.60. The largest absolute Gasteiger partial charge is 0.465 e. The van der Waals surface area contributed by atoms with Gasteiger partial charge < -0.3 is 4.74 Å². The molecule has 0 saturated carbocycles. The van der Waals surface area contributed by atoms with E-state index in [0.29, 0.717) is 13.1 Å². The zero-order valence-electron chi connectivity index (χ0n) is 10.0. The average Bonchev–Trinajstić information content (AvgIpc) is 2.70. The minimum atomic E-state index is -3.60. The van der Waals surface area contributed by atoms with E-state index in [9.17, 15) is 13.2 Å². The second-order valence-electron chi connectivity index (χ2n) is 4.34. The van der Waals surface area contributed by atoms with Crippen LogP contribution in [0.1, 0.15) is 33.6 Å². The third kappa shape index (κ3) is 2.22. The maximum atomic E-state index is 12.2. The van der Waals surface area contributed by atoms with Gasteiger partial charge in [-0.05, 0) is 33.6 Å². The van der Waals surface area contributed by atoms with Crippen molar-refractivity contribution >= 4 is 16.0 Å². The molecule has 0 radical (unpaired) electrons. The molecule has 0 aromatic rings. The van der Waals surface area contributed by atoms with Gasteiger partial charge in [0.05, 0.1) is 6.61 Å². The van der Waals surface area contributed by atoms with E-state index in [0.717, 1.165) is 12.8 Å². The molecule has 0 aliphatic carbocycles. The van der Waals surface area contributed by atoms with Crippen molar-refractivity contribution in [3.8, 4) is 0 Å². The van der Waals surface area contributed by atoms with Gasteiger partial charge in [-0.3, -0.25) is 4.79 Å². The second-order valence-corrected chi connectivity index (χ2v) is 6.83. The van der Waals surface area contributed by atoms with E-state index in [1.54, 1.807) is 6.92 Å². The molecule has 94 valence electrons. The molecule has 0 aromatic heterocycles. The maximum Gasteiger partial charge on any atom is 0.328 e. The Kier molecular flexibility index (Phi) is 3.96. The lowest BCUT2D eigenvalue weighted by Crippen LogP contribution is -2.49. The molecule has 1 fully saturated rings. The lowest BCUT2D eigenvalue weighted by Gasteiger charge is -2.27. The molecule has 1 aliphatic heterocycles. The van der Waals surface area contributed by atoms with E-state index in [2.05, 4.69) is 0 Å². The summed E-state index contributed by atoms with van der Waals surface area (Å²) in [5.74, 6) is -0.679.